The Hall–Kier alpha value is -2.40. The van der Waals surface area contributed by atoms with Gasteiger partial charge in [-0.25, -0.2) is 0 Å². The Balaban J connectivity index is 1.57. The Bertz CT molecular complexity index is 765. The number of carbonyl (C=O) groups is 1. The van der Waals surface area contributed by atoms with Crippen LogP contribution in [0.1, 0.15) is 18.9 Å². The standard InChI is InChI=1S/C20H22ClNO4/c1-2-22(14-15-5-3-8-18-20(15)26-12-11-25-18)19(23)9-10-24-17-7-4-6-16(21)13-17/h3-8,13H,2,9-12,14H2,1H3. The van der Waals surface area contributed by atoms with E-state index in [-0.39, 0.29) is 5.91 Å². The van der Waals surface area contributed by atoms with Gasteiger partial charge in [0.1, 0.15) is 19.0 Å². The predicted octanol–water partition coefficient (Wildman–Crippen LogP) is 3.93. The monoisotopic (exact) mass is 375 g/mol. The van der Waals surface area contributed by atoms with Gasteiger partial charge in [-0.2, -0.15) is 0 Å². The van der Waals surface area contributed by atoms with Crippen LogP contribution in [0, 0.1) is 0 Å². The Labute approximate surface area is 158 Å². The zero-order valence-corrected chi connectivity index (χ0v) is 15.5. The number of ether oxygens (including phenoxy) is 3. The fourth-order valence-electron chi connectivity index (χ4n) is 2.81. The molecule has 0 bridgehead atoms. The summed E-state index contributed by atoms with van der Waals surface area (Å²) in [5.41, 5.74) is 0.952. The van der Waals surface area contributed by atoms with Crippen LogP contribution in [-0.4, -0.2) is 37.2 Å². The number of benzene rings is 2. The van der Waals surface area contributed by atoms with Gasteiger partial charge in [0.15, 0.2) is 11.5 Å². The van der Waals surface area contributed by atoms with Crippen molar-refractivity contribution >= 4 is 17.5 Å². The summed E-state index contributed by atoms with van der Waals surface area (Å²) in [5, 5.41) is 0.611. The van der Waals surface area contributed by atoms with E-state index in [9.17, 15) is 4.79 Å². The summed E-state index contributed by atoms with van der Waals surface area (Å²) in [4.78, 5) is 14.3. The number of halogens is 1. The second-order valence-corrected chi connectivity index (χ2v) is 6.34. The lowest BCUT2D eigenvalue weighted by atomic mass is 10.1. The highest BCUT2D eigenvalue weighted by Gasteiger charge is 2.19. The molecule has 2 aromatic carbocycles. The van der Waals surface area contributed by atoms with Crippen molar-refractivity contribution < 1.29 is 19.0 Å². The Morgan fingerprint density at radius 3 is 2.81 bits per heavy atom. The maximum atomic E-state index is 12.6. The van der Waals surface area contributed by atoms with E-state index in [0.717, 1.165) is 17.1 Å². The van der Waals surface area contributed by atoms with Crippen molar-refractivity contribution in [1.82, 2.24) is 4.90 Å². The van der Waals surface area contributed by atoms with Crippen molar-refractivity contribution in [2.24, 2.45) is 0 Å². The number of para-hydroxylation sites is 1. The minimum absolute atomic E-state index is 0.0314. The molecule has 2 aromatic rings. The van der Waals surface area contributed by atoms with E-state index >= 15 is 0 Å². The van der Waals surface area contributed by atoms with Crippen LogP contribution in [0.25, 0.3) is 0 Å². The summed E-state index contributed by atoms with van der Waals surface area (Å²) in [6.07, 6.45) is 0.298. The molecule has 0 spiro atoms. The molecule has 0 fully saturated rings. The van der Waals surface area contributed by atoms with E-state index in [1.54, 1.807) is 17.0 Å². The molecule has 1 aliphatic rings. The highest BCUT2D eigenvalue weighted by atomic mass is 35.5. The van der Waals surface area contributed by atoms with Gasteiger partial charge in [0.05, 0.1) is 13.0 Å². The van der Waals surface area contributed by atoms with Gasteiger partial charge in [-0.05, 0) is 31.2 Å². The largest absolute Gasteiger partial charge is 0.493 e. The molecule has 1 amide bonds. The first kappa shape index (κ1) is 18.4. The number of nitrogens with zero attached hydrogens (tertiary/aromatic N) is 1. The van der Waals surface area contributed by atoms with E-state index in [1.165, 1.54) is 0 Å². The summed E-state index contributed by atoms with van der Waals surface area (Å²) in [6.45, 7) is 4.44. The quantitative estimate of drug-likeness (QED) is 0.735. The Kier molecular flexibility index (Phi) is 6.23. The summed E-state index contributed by atoms with van der Waals surface area (Å²) in [5.74, 6) is 2.17. The van der Waals surface area contributed by atoms with Crippen molar-refractivity contribution in [2.45, 2.75) is 19.9 Å². The normalized spacial score (nSPS) is 12.5. The fourth-order valence-corrected chi connectivity index (χ4v) is 2.99. The van der Waals surface area contributed by atoms with E-state index in [2.05, 4.69) is 0 Å². The third kappa shape index (κ3) is 4.61. The SMILES string of the molecule is CCN(Cc1cccc2c1OCCO2)C(=O)CCOc1cccc(Cl)c1. The molecule has 1 heterocycles. The van der Waals surface area contributed by atoms with Crippen LogP contribution in [0.5, 0.6) is 17.2 Å². The van der Waals surface area contributed by atoms with E-state index in [4.69, 9.17) is 25.8 Å². The van der Waals surface area contributed by atoms with Crippen LogP contribution in [0.2, 0.25) is 5.02 Å². The third-order valence-electron chi connectivity index (χ3n) is 4.12. The van der Waals surface area contributed by atoms with Crippen LogP contribution in [0.4, 0.5) is 0 Å². The minimum atomic E-state index is 0.0314. The van der Waals surface area contributed by atoms with Gasteiger partial charge in [-0.1, -0.05) is 29.8 Å². The van der Waals surface area contributed by atoms with Gasteiger partial charge in [0, 0.05) is 23.7 Å². The number of carbonyl (C=O) groups excluding carboxylic acids is 1. The van der Waals surface area contributed by atoms with Crippen LogP contribution in [0.3, 0.4) is 0 Å². The summed E-state index contributed by atoms with van der Waals surface area (Å²) in [6, 6.07) is 12.9. The molecule has 0 N–H and O–H groups in total. The molecule has 0 aromatic heterocycles. The van der Waals surface area contributed by atoms with Crippen LogP contribution >= 0.6 is 11.6 Å². The smallest absolute Gasteiger partial charge is 0.226 e. The molecule has 0 saturated carbocycles. The average molecular weight is 376 g/mol. The fraction of sp³-hybridized carbons (Fsp3) is 0.350. The molecular weight excluding hydrogens is 354 g/mol. The van der Waals surface area contributed by atoms with Gasteiger partial charge in [0.2, 0.25) is 5.91 Å². The first-order valence-electron chi connectivity index (χ1n) is 8.71. The molecule has 0 unspecified atom stereocenters. The first-order chi connectivity index (χ1) is 12.7. The van der Waals surface area contributed by atoms with Crippen molar-refractivity contribution in [3.8, 4) is 17.2 Å². The zero-order valence-electron chi connectivity index (χ0n) is 14.7. The molecule has 0 radical (unpaired) electrons. The highest BCUT2D eigenvalue weighted by molar-refractivity contribution is 6.30. The van der Waals surface area contributed by atoms with Crippen molar-refractivity contribution in [1.29, 1.82) is 0 Å². The molecule has 3 rings (SSSR count). The number of fused-ring (bicyclic) bond motifs is 1. The summed E-state index contributed by atoms with van der Waals surface area (Å²) < 4.78 is 17.0. The molecule has 5 nitrogen and oxygen atoms in total. The number of rotatable bonds is 7. The van der Waals surface area contributed by atoms with Gasteiger partial charge >= 0.3 is 0 Å². The Morgan fingerprint density at radius 1 is 1.19 bits per heavy atom. The summed E-state index contributed by atoms with van der Waals surface area (Å²) >= 11 is 5.93. The predicted molar refractivity (Wildman–Crippen MR) is 100 cm³/mol. The molecule has 0 saturated heterocycles. The van der Waals surface area contributed by atoms with Crippen molar-refractivity contribution in [2.75, 3.05) is 26.4 Å². The molecular formula is C20H22ClNO4. The van der Waals surface area contributed by atoms with Crippen LogP contribution in [0.15, 0.2) is 42.5 Å². The number of hydrogen-bond acceptors (Lipinski definition) is 4. The van der Waals surface area contributed by atoms with E-state index in [0.29, 0.717) is 50.1 Å². The topological polar surface area (TPSA) is 48.0 Å². The zero-order chi connectivity index (χ0) is 18.4. The minimum Gasteiger partial charge on any atom is -0.493 e. The van der Waals surface area contributed by atoms with Gasteiger partial charge < -0.3 is 19.1 Å². The average Bonchev–Trinajstić information content (AvgIpc) is 2.66. The van der Waals surface area contributed by atoms with Crippen LogP contribution < -0.4 is 14.2 Å². The third-order valence-corrected chi connectivity index (χ3v) is 4.36. The maximum absolute atomic E-state index is 12.6. The van der Waals surface area contributed by atoms with Crippen molar-refractivity contribution in [3.05, 3.63) is 53.1 Å². The van der Waals surface area contributed by atoms with Crippen LogP contribution in [-0.2, 0) is 11.3 Å². The number of hydrogen-bond donors (Lipinski definition) is 0. The molecule has 138 valence electrons. The maximum Gasteiger partial charge on any atom is 0.226 e. The molecule has 26 heavy (non-hydrogen) atoms. The number of amides is 1. The Morgan fingerprint density at radius 2 is 2.00 bits per heavy atom. The second kappa shape index (κ2) is 8.81. The lowest BCUT2D eigenvalue weighted by molar-refractivity contribution is -0.132. The first-order valence-corrected chi connectivity index (χ1v) is 9.09. The van der Waals surface area contributed by atoms with E-state index < -0.39 is 0 Å². The molecule has 0 aliphatic carbocycles. The molecule has 1 aliphatic heterocycles. The lowest BCUT2D eigenvalue weighted by Crippen LogP contribution is -2.31. The summed E-state index contributed by atoms with van der Waals surface area (Å²) in [7, 11) is 0. The highest BCUT2D eigenvalue weighted by Crippen LogP contribution is 2.34. The molecule has 0 atom stereocenters. The van der Waals surface area contributed by atoms with Gasteiger partial charge in [-0.3, -0.25) is 4.79 Å². The van der Waals surface area contributed by atoms with E-state index in [1.807, 2.05) is 37.3 Å². The van der Waals surface area contributed by atoms with Gasteiger partial charge in [0.25, 0.3) is 0 Å². The lowest BCUT2D eigenvalue weighted by Gasteiger charge is -2.25. The molecule has 6 heteroatoms. The van der Waals surface area contributed by atoms with Crippen molar-refractivity contribution in [3.63, 3.8) is 0 Å². The van der Waals surface area contributed by atoms with Gasteiger partial charge in [-0.15, -0.1) is 0 Å². The second-order valence-electron chi connectivity index (χ2n) is 5.91.